The van der Waals surface area contributed by atoms with Gasteiger partial charge in [-0.15, -0.1) is 0 Å². The van der Waals surface area contributed by atoms with Crippen molar-refractivity contribution in [2.45, 2.75) is 33.9 Å². The van der Waals surface area contributed by atoms with Gasteiger partial charge < -0.3 is 9.30 Å². The van der Waals surface area contributed by atoms with E-state index in [4.69, 9.17) is 4.74 Å². The Kier molecular flexibility index (Phi) is 3.30. The Labute approximate surface area is 96.8 Å². The van der Waals surface area contributed by atoms with E-state index in [9.17, 15) is 0 Å². The number of nitrogens with zero attached hydrogens (tertiary/aromatic N) is 1. The Balaban J connectivity index is 2.54. The van der Waals surface area contributed by atoms with Crippen LogP contribution in [0.2, 0.25) is 0 Å². The zero-order chi connectivity index (χ0) is 11.5. The summed E-state index contributed by atoms with van der Waals surface area (Å²) in [5, 5.41) is 1.33. The van der Waals surface area contributed by atoms with Crippen LogP contribution in [0.5, 0.6) is 0 Å². The van der Waals surface area contributed by atoms with Crippen molar-refractivity contribution in [2.75, 3.05) is 6.61 Å². The number of aryl methyl sites for hydroxylation is 2. The SMILES string of the molecule is CCOCc1cn(CC)c2c(C)cccc12. The predicted octanol–water partition coefficient (Wildman–Crippen LogP) is 3.51. The Morgan fingerprint density at radius 1 is 1.25 bits per heavy atom. The van der Waals surface area contributed by atoms with E-state index in [-0.39, 0.29) is 0 Å². The smallest absolute Gasteiger partial charge is 0.0737 e. The molecule has 0 bridgehead atoms. The largest absolute Gasteiger partial charge is 0.377 e. The lowest BCUT2D eigenvalue weighted by Gasteiger charge is -2.03. The summed E-state index contributed by atoms with van der Waals surface area (Å²) in [6.07, 6.45) is 2.22. The Morgan fingerprint density at radius 3 is 2.75 bits per heavy atom. The summed E-state index contributed by atoms with van der Waals surface area (Å²) < 4.78 is 7.82. The van der Waals surface area contributed by atoms with Gasteiger partial charge in [-0.05, 0) is 26.3 Å². The van der Waals surface area contributed by atoms with E-state index >= 15 is 0 Å². The number of para-hydroxylation sites is 1. The lowest BCUT2D eigenvalue weighted by molar-refractivity contribution is 0.135. The van der Waals surface area contributed by atoms with E-state index in [1.807, 2.05) is 6.92 Å². The van der Waals surface area contributed by atoms with Crippen molar-refractivity contribution < 1.29 is 4.74 Å². The van der Waals surface area contributed by atoms with Crippen LogP contribution in [0.25, 0.3) is 10.9 Å². The van der Waals surface area contributed by atoms with Gasteiger partial charge >= 0.3 is 0 Å². The summed E-state index contributed by atoms with van der Waals surface area (Å²) in [6, 6.07) is 6.47. The number of benzene rings is 1. The van der Waals surface area contributed by atoms with Crippen molar-refractivity contribution in [1.29, 1.82) is 0 Å². The first-order valence-electron chi connectivity index (χ1n) is 5.93. The summed E-state index contributed by atoms with van der Waals surface area (Å²) in [7, 11) is 0. The molecule has 0 amide bonds. The highest BCUT2D eigenvalue weighted by Gasteiger charge is 2.08. The first-order valence-corrected chi connectivity index (χ1v) is 5.93. The zero-order valence-corrected chi connectivity index (χ0v) is 10.3. The number of aromatic nitrogens is 1. The molecule has 16 heavy (non-hydrogen) atoms. The van der Waals surface area contributed by atoms with Crippen LogP contribution < -0.4 is 0 Å². The van der Waals surface area contributed by atoms with Gasteiger partial charge in [-0.3, -0.25) is 0 Å². The number of fused-ring (bicyclic) bond motifs is 1. The molecule has 1 heterocycles. The van der Waals surface area contributed by atoms with Gasteiger partial charge in [-0.2, -0.15) is 0 Å². The van der Waals surface area contributed by atoms with Gasteiger partial charge in [0.15, 0.2) is 0 Å². The van der Waals surface area contributed by atoms with Gasteiger partial charge in [0.25, 0.3) is 0 Å². The summed E-state index contributed by atoms with van der Waals surface area (Å²) in [5.74, 6) is 0. The lowest BCUT2D eigenvalue weighted by Crippen LogP contribution is -1.92. The maximum Gasteiger partial charge on any atom is 0.0737 e. The summed E-state index contributed by atoms with van der Waals surface area (Å²) >= 11 is 0. The highest BCUT2D eigenvalue weighted by Crippen LogP contribution is 2.25. The molecular weight excluding hydrogens is 198 g/mol. The summed E-state index contributed by atoms with van der Waals surface area (Å²) in [4.78, 5) is 0. The Bertz CT molecular complexity index is 485. The second-order valence-electron chi connectivity index (χ2n) is 4.05. The van der Waals surface area contributed by atoms with Gasteiger partial charge in [0.1, 0.15) is 0 Å². The molecular formula is C14H19NO. The minimum absolute atomic E-state index is 0.712. The Morgan fingerprint density at radius 2 is 2.06 bits per heavy atom. The third-order valence-corrected chi connectivity index (χ3v) is 2.98. The molecule has 1 aromatic carbocycles. The lowest BCUT2D eigenvalue weighted by atomic mass is 10.1. The number of hydrogen-bond acceptors (Lipinski definition) is 1. The van der Waals surface area contributed by atoms with Crippen molar-refractivity contribution in [3.63, 3.8) is 0 Å². The van der Waals surface area contributed by atoms with E-state index < -0.39 is 0 Å². The maximum atomic E-state index is 5.51. The molecule has 2 nitrogen and oxygen atoms in total. The molecule has 2 heteroatoms. The summed E-state index contributed by atoms with van der Waals surface area (Å²) in [6.45, 7) is 8.86. The highest BCUT2D eigenvalue weighted by atomic mass is 16.5. The van der Waals surface area contributed by atoms with Gasteiger partial charge in [-0.25, -0.2) is 0 Å². The van der Waals surface area contributed by atoms with Gasteiger partial charge in [0.05, 0.1) is 12.1 Å². The van der Waals surface area contributed by atoms with E-state index in [0.717, 1.165) is 13.2 Å². The number of rotatable bonds is 4. The first kappa shape index (κ1) is 11.2. The van der Waals surface area contributed by atoms with Crippen molar-refractivity contribution in [2.24, 2.45) is 0 Å². The molecule has 0 saturated carbocycles. The fourth-order valence-electron chi connectivity index (χ4n) is 2.20. The van der Waals surface area contributed by atoms with Crippen LogP contribution in [0.3, 0.4) is 0 Å². The number of hydrogen-bond donors (Lipinski definition) is 0. The van der Waals surface area contributed by atoms with Crippen molar-refractivity contribution >= 4 is 10.9 Å². The fourth-order valence-corrected chi connectivity index (χ4v) is 2.20. The molecule has 0 fully saturated rings. The van der Waals surface area contributed by atoms with Crippen LogP contribution in [0.1, 0.15) is 25.0 Å². The molecule has 2 rings (SSSR count). The predicted molar refractivity (Wildman–Crippen MR) is 67.7 cm³/mol. The average Bonchev–Trinajstić information content (AvgIpc) is 2.66. The average molecular weight is 217 g/mol. The third-order valence-electron chi connectivity index (χ3n) is 2.98. The second kappa shape index (κ2) is 4.71. The van der Waals surface area contributed by atoms with E-state index in [2.05, 4.69) is 42.8 Å². The molecule has 86 valence electrons. The van der Waals surface area contributed by atoms with Crippen LogP contribution >= 0.6 is 0 Å². The molecule has 0 aliphatic carbocycles. The second-order valence-corrected chi connectivity index (χ2v) is 4.05. The molecule has 0 saturated heterocycles. The minimum Gasteiger partial charge on any atom is -0.377 e. The number of ether oxygens (including phenoxy) is 1. The van der Waals surface area contributed by atoms with Crippen LogP contribution in [-0.2, 0) is 17.9 Å². The summed E-state index contributed by atoms with van der Waals surface area (Å²) in [5.41, 5.74) is 3.98. The van der Waals surface area contributed by atoms with Crippen LogP contribution in [0.4, 0.5) is 0 Å². The van der Waals surface area contributed by atoms with Crippen molar-refractivity contribution in [3.8, 4) is 0 Å². The van der Waals surface area contributed by atoms with Gasteiger partial charge in [0, 0.05) is 30.3 Å². The van der Waals surface area contributed by atoms with E-state index in [0.29, 0.717) is 6.61 Å². The van der Waals surface area contributed by atoms with Gasteiger partial charge in [0.2, 0.25) is 0 Å². The topological polar surface area (TPSA) is 14.2 Å². The molecule has 0 N–H and O–H groups in total. The molecule has 0 aliphatic heterocycles. The molecule has 0 unspecified atom stereocenters. The van der Waals surface area contributed by atoms with Crippen LogP contribution in [0, 0.1) is 6.92 Å². The molecule has 0 spiro atoms. The zero-order valence-electron chi connectivity index (χ0n) is 10.3. The van der Waals surface area contributed by atoms with Crippen molar-refractivity contribution in [3.05, 3.63) is 35.5 Å². The molecule has 0 aliphatic rings. The quantitative estimate of drug-likeness (QED) is 0.764. The molecule has 0 radical (unpaired) electrons. The fraction of sp³-hybridized carbons (Fsp3) is 0.429. The van der Waals surface area contributed by atoms with E-state index in [1.54, 1.807) is 0 Å². The molecule has 2 aromatic rings. The standard InChI is InChI=1S/C14H19NO/c1-4-15-9-12(10-16-5-2)13-8-6-7-11(3)14(13)15/h6-9H,4-5,10H2,1-3H3. The normalized spacial score (nSPS) is 11.2. The monoisotopic (exact) mass is 217 g/mol. The van der Waals surface area contributed by atoms with E-state index in [1.165, 1.54) is 22.0 Å². The van der Waals surface area contributed by atoms with Gasteiger partial charge in [-0.1, -0.05) is 18.2 Å². The Hall–Kier alpha value is -1.28. The maximum absolute atomic E-state index is 5.51. The molecule has 0 atom stereocenters. The van der Waals surface area contributed by atoms with Crippen molar-refractivity contribution in [1.82, 2.24) is 4.57 Å². The molecule has 1 aromatic heterocycles. The highest BCUT2D eigenvalue weighted by molar-refractivity contribution is 5.86. The third kappa shape index (κ3) is 1.85. The van der Waals surface area contributed by atoms with Crippen LogP contribution in [-0.4, -0.2) is 11.2 Å². The van der Waals surface area contributed by atoms with Crippen LogP contribution in [0.15, 0.2) is 24.4 Å². The first-order chi connectivity index (χ1) is 7.77. The minimum atomic E-state index is 0.712.